The van der Waals surface area contributed by atoms with E-state index >= 15 is 0 Å². The lowest BCUT2D eigenvalue weighted by Gasteiger charge is -2.12. The number of hydrogen-bond acceptors (Lipinski definition) is 3. The van der Waals surface area contributed by atoms with Crippen LogP contribution in [0.2, 0.25) is 0 Å². The van der Waals surface area contributed by atoms with Crippen LogP contribution in [-0.2, 0) is 0 Å². The van der Waals surface area contributed by atoms with Gasteiger partial charge in [-0.25, -0.2) is 14.6 Å². The lowest BCUT2D eigenvalue weighted by Crippen LogP contribution is -1.97. The lowest BCUT2D eigenvalue weighted by atomic mass is 9.93. The molecule has 7 aromatic carbocycles. The monoisotopic (exact) mass is 626 g/mol. The highest BCUT2D eigenvalue weighted by molar-refractivity contribution is 6.17. The smallest absolute Gasteiger partial charge is 0.160 e. The number of hydrogen-bond donors (Lipinski definition) is 0. The molecular weight excluding hydrogens is 597 g/mol. The van der Waals surface area contributed by atoms with Gasteiger partial charge >= 0.3 is 0 Å². The van der Waals surface area contributed by atoms with Gasteiger partial charge in [-0.2, -0.15) is 5.10 Å². The van der Waals surface area contributed by atoms with Crippen molar-refractivity contribution in [3.05, 3.63) is 182 Å². The van der Waals surface area contributed by atoms with Crippen molar-refractivity contribution in [3.8, 4) is 62.0 Å². The first kappa shape index (κ1) is 28.6. The molecule has 0 saturated carbocycles. The van der Waals surface area contributed by atoms with Crippen molar-refractivity contribution >= 4 is 21.7 Å². The van der Waals surface area contributed by atoms with Crippen LogP contribution in [0.15, 0.2) is 182 Å². The molecule has 0 aliphatic carbocycles. The SMILES string of the molecule is c1ccc(-c2cc(-c3ccccc3)nc(-c3ccc(-c4cc5ccccc5c5c4c(-c4ccccc4)nn5-c4ccccc4)cc3)n2)cc1. The van der Waals surface area contributed by atoms with E-state index in [0.29, 0.717) is 5.82 Å². The van der Waals surface area contributed by atoms with Gasteiger partial charge in [0.2, 0.25) is 0 Å². The Kier molecular flexibility index (Phi) is 7.10. The summed E-state index contributed by atoms with van der Waals surface area (Å²) in [6.07, 6.45) is 0. The fraction of sp³-hybridized carbons (Fsp3) is 0. The third-order valence-corrected chi connectivity index (χ3v) is 9.04. The van der Waals surface area contributed by atoms with Crippen molar-refractivity contribution < 1.29 is 0 Å². The van der Waals surface area contributed by atoms with Crippen molar-refractivity contribution in [2.24, 2.45) is 0 Å². The maximum atomic E-state index is 5.30. The first-order valence-electron chi connectivity index (χ1n) is 16.5. The third kappa shape index (κ3) is 5.26. The fourth-order valence-corrected chi connectivity index (χ4v) is 6.66. The molecule has 49 heavy (non-hydrogen) atoms. The van der Waals surface area contributed by atoms with E-state index < -0.39 is 0 Å². The molecular formula is C45H30N4. The molecule has 4 nitrogen and oxygen atoms in total. The molecule has 0 aliphatic rings. The molecule has 9 aromatic rings. The summed E-state index contributed by atoms with van der Waals surface area (Å²) in [5, 5.41) is 8.75. The van der Waals surface area contributed by atoms with Crippen molar-refractivity contribution in [2.45, 2.75) is 0 Å². The molecule has 230 valence electrons. The van der Waals surface area contributed by atoms with Crippen LogP contribution in [0.25, 0.3) is 83.6 Å². The van der Waals surface area contributed by atoms with Crippen molar-refractivity contribution in [2.75, 3.05) is 0 Å². The largest absolute Gasteiger partial charge is 0.232 e. The molecule has 4 heteroatoms. The van der Waals surface area contributed by atoms with Gasteiger partial charge in [0.05, 0.1) is 22.6 Å². The molecule has 2 aromatic heterocycles. The Morgan fingerprint density at radius 1 is 0.408 bits per heavy atom. The number of para-hydroxylation sites is 1. The summed E-state index contributed by atoms with van der Waals surface area (Å²) in [6, 6.07) is 63.1. The zero-order valence-electron chi connectivity index (χ0n) is 26.6. The normalized spacial score (nSPS) is 11.3. The Morgan fingerprint density at radius 3 is 1.53 bits per heavy atom. The molecule has 2 heterocycles. The molecule has 0 atom stereocenters. The highest BCUT2D eigenvalue weighted by atomic mass is 15.3. The van der Waals surface area contributed by atoms with Gasteiger partial charge in [0.15, 0.2) is 5.82 Å². The second-order valence-electron chi connectivity index (χ2n) is 12.1. The van der Waals surface area contributed by atoms with Gasteiger partial charge in [0.1, 0.15) is 5.69 Å². The molecule has 0 radical (unpaired) electrons. The highest BCUT2D eigenvalue weighted by Gasteiger charge is 2.21. The summed E-state index contributed by atoms with van der Waals surface area (Å²) in [6.45, 7) is 0. The lowest BCUT2D eigenvalue weighted by molar-refractivity contribution is 0.918. The number of benzene rings is 7. The number of fused-ring (bicyclic) bond motifs is 3. The van der Waals surface area contributed by atoms with E-state index in [9.17, 15) is 0 Å². The van der Waals surface area contributed by atoms with E-state index in [0.717, 1.165) is 77.8 Å². The summed E-state index contributed by atoms with van der Waals surface area (Å²) < 4.78 is 2.10. The predicted octanol–water partition coefficient (Wildman–Crippen LogP) is 11.3. The minimum atomic E-state index is 0.692. The summed E-state index contributed by atoms with van der Waals surface area (Å²) in [4.78, 5) is 10.1. The molecule has 9 rings (SSSR count). The van der Waals surface area contributed by atoms with E-state index in [1.807, 2.05) is 48.5 Å². The van der Waals surface area contributed by atoms with Crippen LogP contribution in [0.3, 0.4) is 0 Å². The maximum Gasteiger partial charge on any atom is 0.160 e. The van der Waals surface area contributed by atoms with E-state index in [2.05, 4.69) is 138 Å². The molecule has 0 N–H and O–H groups in total. The molecule has 0 amide bonds. The van der Waals surface area contributed by atoms with Crippen molar-refractivity contribution in [1.82, 2.24) is 19.7 Å². The van der Waals surface area contributed by atoms with Crippen LogP contribution >= 0.6 is 0 Å². The first-order chi connectivity index (χ1) is 24.3. The van der Waals surface area contributed by atoms with E-state index in [4.69, 9.17) is 15.1 Å². The van der Waals surface area contributed by atoms with Crippen LogP contribution in [-0.4, -0.2) is 19.7 Å². The van der Waals surface area contributed by atoms with Gasteiger partial charge < -0.3 is 0 Å². The van der Waals surface area contributed by atoms with E-state index in [-0.39, 0.29) is 0 Å². The Labute approximate surface area is 284 Å². The predicted molar refractivity (Wildman–Crippen MR) is 201 cm³/mol. The van der Waals surface area contributed by atoms with Gasteiger partial charge in [0.25, 0.3) is 0 Å². The molecule has 0 aliphatic heterocycles. The highest BCUT2D eigenvalue weighted by Crippen LogP contribution is 2.42. The molecule has 0 unspecified atom stereocenters. The molecule has 0 fully saturated rings. The average molecular weight is 627 g/mol. The van der Waals surface area contributed by atoms with Gasteiger partial charge in [-0.3, -0.25) is 0 Å². The van der Waals surface area contributed by atoms with Gasteiger partial charge in [-0.15, -0.1) is 0 Å². The van der Waals surface area contributed by atoms with Crippen molar-refractivity contribution in [3.63, 3.8) is 0 Å². The summed E-state index contributed by atoms with van der Waals surface area (Å²) in [5.41, 5.74) is 11.2. The minimum absolute atomic E-state index is 0.692. The quantitative estimate of drug-likeness (QED) is 0.184. The topological polar surface area (TPSA) is 43.6 Å². The Hall–Kier alpha value is -6.65. The number of nitrogens with zero attached hydrogens (tertiary/aromatic N) is 4. The second kappa shape index (κ2) is 12.2. The summed E-state index contributed by atoms with van der Waals surface area (Å²) in [7, 11) is 0. The zero-order valence-corrected chi connectivity index (χ0v) is 26.6. The molecule has 0 spiro atoms. The number of rotatable bonds is 6. The van der Waals surface area contributed by atoms with Gasteiger partial charge in [-0.05, 0) is 40.8 Å². The standard InChI is InChI=1S/C45H30N4/c1-5-15-32(16-6-1)40-30-41(33-17-7-2-8-18-33)47-45(46-40)35-27-25-31(26-28-35)39-29-36-21-13-14-24-38(36)44-42(39)43(34-19-9-3-10-20-34)48-49(44)37-22-11-4-12-23-37/h1-30H. The van der Waals surface area contributed by atoms with Crippen LogP contribution in [0.5, 0.6) is 0 Å². The average Bonchev–Trinajstić information content (AvgIpc) is 3.60. The van der Waals surface area contributed by atoms with Gasteiger partial charge in [-0.1, -0.05) is 158 Å². The van der Waals surface area contributed by atoms with Crippen LogP contribution in [0.4, 0.5) is 0 Å². The minimum Gasteiger partial charge on any atom is -0.232 e. The van der Waals surface area contributed by atoms with Crippen molar-refractivity contribution in [1.29, 1.82) is 0 Å². The zero-order chi connectivity index (χ0) is 32.6. The van der Waals surface area contributed by atoms with Crippen LogP contribution in [0.1, 0.15) is 0 Å². The van der Waals surface area contributed by atoms with E-state index in [1.54, 1.807) is 0 Å². The third-order valence-electron chi connectivity index (χ3n) is 9.04. The Morgan fingerprint density at radius 2 is 0.918 bits per heavy atom. The molecule has 0 bridgehead atoms. The summed E-state index contributed by atoms with van der Waals surface area (Å²) in [5.74, 6) is 0.692. The second-order valence-corrected chi connectivity index (χ2v) is 12.1. The van der Waals surface area contributed by atoms with Crippen LogP contribution < -0.4 is 0 Å². The summed E-state index contributed by atoms with van der Waals surface area (Å²) >= 11 is 0. The first-order valence-corrected chi connectivity index (χ1v) is 16.5. The van der Waals surface area contributed by atoms with Gasteiger partial charge in [0, 0.05) is 33.0 Å². The Bertz CT molecular complexity index is 2500. The number of aromatic nitrogens is 4. The molecule has 0 saturated heterocycles. The van der Waals surface area contributed by atoms with E-state index in [1.165, 1.54) is 0 Å². The fourth-order valence-electron chi connectivity index (χ4n) is 6.66. The Balaban J connectivity index is 1.24. The van der Waals surface area contributed by atoms with Crippen LogP contribution in [0, 0.1) is 0 Å². The maximum absolute atomic E-state index is 5.30.